The summed E-state index contributed by atoms with van der Waals surface area (Å²) in [5, 5.41) is 4.90. The lowest BCUT2D eigenvalue weighted by molar-refractivity contribution is 0.762. The van der Waals surface area contributed by atoms with E-state index in [9.17, 15) is 0 Å². The Morgan fingerprint density at radius 2 is 1.89 bits per heavy atom. The van der Waals surface area contributed by atoms with Crippen molar-refractivity contribution in [1.29, 1.82) is 0 Å². The molecule has 1 atom stereocenters. The van der Waals surface area contributed by atoms with Crippen LogP contribution < -0.4 is 5.32 Å². The molecule has 0 fully saturated rings. The van der Waals surface area contributed by atoms with Crippen LogP contribution in [-0.4, -0.2) is 0 Å². The van der Waals surface area contributed by atoms with Crippen molar-refractivity contribution in [3.63, 3.8) is 0 Å². The van der Waals surface area contributed by atoms with Crippen LogP contribution in [0, 0.1) is 0 Å². The lowest BCUT2D eigenvalue weighted by Crippen LogP contribution is -2.07. The van der Waals surface area contributed by atoms with Gasteiger partial charge in [0.25, 0.3) is 0 Å². The first kappa shape index (κ1) is 11.9. The summed E-state index contributed by atoms with van der Waals surface area (Å²) in [6.07, 6.45) is 2.22. The highest BCUT2D eigenvalue weighted by Crippen LogP contribution is 2.36. The number of hydrogen-bond donors (Lipinski definition) is 1. The minimum Gasteiger partial charge on any atom is -0.377 e. The molecule has 92 valence electrons. The first-order valence-electron chi connectivity index (χ1n) is 6.03. The quantitative estimate of drug-likeness (QED) is 0.806. The summed E-state index contributed by atoms with van der Waals surface area (Å²) >= 11 is 12.2. The molecule has 1 aliphatic rings. The topological polar surface area (TPSA) is 12.0 Å². The monoisotopic (exact) mass is 277 g/mol. The van der Waals surface area contributed by atoms with E-state index >= 15 is 0 Å². The molecule has 0 saturated carbocycles. The highest BCUT2D eigenvalue weighted by atomic mass is 35.5. The van der Waals surface area contributed by atoms with Gasteiger partial charge in [-0.2, -0.15) is 0 Å². The second-order valence-corrected chi connectivity index (χ2v) is 5.40. The van der Waals surface area contributed by atoms with Crippen molar-refractivity contribution in [2.24, 2.45) is 0 Å². The first-order valence-corrected chi connectivity index (χ1v) is 6.79. The fraction of sp³-hybridized carbons (Fsp3) is 0.200. The minimum absolute atomic E-state index is 0.331. The Balaban J connectivity index is 1.88. The molecular weight excluding hydrogens is 265 g/mol. The number of rotatable bonds is 2. The number of nitrogens with one attached hydrogen (secondary N) is 1. The maximum absolute atomic E-state index is 6.18. The van der Waals surface area contributed by atoms with Crippen molar-refractivity contribution in [3.05, 3.63) is 63.6 Å². The maximum Gasteiger partial charge on any atom is 0.0638 e. The molecule has 0 aliphatic heterocycles. The van der Waals surface area contributed by atoms with E-state index in [1.54, 1.807) is 6.07 Å². The fourth-order valence-electron chi connectivity index (χ4n) is 2.50. The largest absolute Gasteiger partial charge is 0.377 e. The van der Waals surface area contributed by atoms with Gasteiger partial charge in [0.2, 0.25) is 0 Å². The lowest BCUT2D eigenvalue weighted by Gasteiger charge is -2.16. The van der Waals surface area contributed by atoms with E-state index in [0.717, 1.165) is 18.5 Å². The van der Waals surface area contributed by atoms with E-state index in [-0.39, 0.29) is 0 Å². The van der Waals surface area contributed by atoms with E-state index in [1.165, 1.54) is 11.1 Å². The van der Waals surface area contributed by atoms with Gasteiger partial charge in [-0.1, -0.05) is 47.5 Å². The Labute approximate surface area is 117 Å². The number of aryl methyl sites for hydroxylation is 1. The number of hydrogen-bond acceptors (Lipinski definition) is 1. The Hall–Kier alpha value is -1.18. The van der Waals surface area contributed by atoms with Crippen molar-refractivity contribution in [2.75, 3.05) is 5.32 Å². The van der Waals surface area contributed by atoms with Gasteiger partial charge in [0.05, 0.1) is 16.8 Å². The van der Waals surface area contributed by atoms with Crippen LogP contribution in [0.3, 0.4) is 0 Å². The molecule has 1 unspecified atom stereocenters. The number of benzene rings is 2. The van der Waals surface area contributed by atoms with Crippen molar-refractivity contribution < 1.29 is 0 Å². The first-order chi connectivity index (χ1) is 8.74. The summed E-state index contributed by atoms with van der Waals surface area (Å²) in [4.78, 5) is 0. The van der Waals surface area contributed by atoms with E-state index in [0.29, 0.717) is 16.1 Å². The van der Waals surface area contributed by atoms with Crippen LogP contribution in [-0.2, 0) is 6.42 Å². The highest BCUT2D eigenvalue weighted by Gasteiger charge is 2.22. The highest BCUT2D eigenvalue weighted by molar-refractivity contribution is 6.35. The van der Waals surface area contributed by atoms with Crippen molar-refractivity contribution in [1.82, 2.24) is 0 Å². The molecular formula is C15H13Cl2N. The van der Waals surface area contributed by atoms with Crippen LogP contribution in [0.1, 0.15) is 23.6 Å². The summed E-state index contributed by atoms with van der Waals surface area (Å²) in [5.74, 6) is 0. The Bertz CT molecular complexity index is 580. The van der Waals surface area contributed by atoms with Crippen molar-refractivity contribution >= 4 is 28.9 Å². The van der Waals surface area contributed by atoms with Gasteiger partial charge in [-0.3, -0.25) is 0 Å². The van der Waals surface area contributed by atoms with Crippen LogP contribution in [0.4, 0.5) is 5.69 Å². The summed E-state index contributed by atoms with van der Waals surface area (Å²) in [5.41, 5.74) is 3.70. The molecule has 0 radical (unpaired) electrons. The molecule has 0 aromatic heterocycles. The molecule has 1 N–H and O–H groups in total. The zero-order valence-corrected chi connectivity index (χ0v) is 11.3. The normalized spacial score (nSPS) is 17.6. The molecule has 0 saturated heterocycles. The predicted molar refractivity (Wildman–Crippen MR) is 77.6 cm³/mol. The zero-order valence-electron chi connectivity index (χ0n) is 9.79. The zero-order chi connectivity index (χ0) is 12.5. The molecule has 1 aliphatic carbocycles. The molecule has 2 aromatic carbocycles. The Morgan fingerprint density at radius 1 is 1.06 bits per heavy atom. The van der Waals surface area contributed by atoms with Gasteiger partial charge in [-0.15, -0.1) is 0 Å². The molecule has 0 amide bonds. The standard InChI is InChI=1S/C15H13Cl2N/c16-11-6-7-13(17)15(9-11)18-14-8-5-10-3-1-2-4-12(10)14/h1-4,6-7,9,14,18H,5,8H2. The third-order valence-corrected chi connectivity index (χ3v) is 3.96. The second kappa shape index (κ2) is 4.83. The smallest absolute Gasteiger partial charge is 0.0638 e. The van der Waals surface area contributed by atoms with Crippen LogP contribution in [0.15, 0.2) is 42.5 Å². The molecule has 3 rings (SSSR count). The second-order valence-electron chi connectivity index (χ2n) is 4.56. The van der Waals surface area contributed by atoms with Gasteiger partial charge < -0.3 is 5.32 Å². The minimum atomic E-state index is 0.331. The number of anilines is 1. The van der Waals surface area contributed by atoms with E-state index in [2.05, 4.69) is 29.6 Å². The van der Waals surface area contributed by atoms with Crippen LogP contribution in [0.25, 0.3) is 0 Å². The van der Waals surface area contributed by atoms with Gasteiger partial charge in [0, 0.05) is 5.02 Å². The summed E-state index contributed by atoms with van der Waals surface area (Å²) < 4.78 is 0. The molecule has 0 heterocycles. The van der Waals surface area contributed by atoms with Gasteiger partial charge in [-0.25, -0.2) is 0 Å². The predicted octanol–water partition coefficient (Wildman–Crippen LogP) is 5.09. The molecule has 1 nitrogen and oxygen atoms in total. The van der Waals surface area contributed by atoms with Crippen molar-refractivity contribution in [2.45, 2.75) is 18.9 Å². The van der Waals surface area contributed by atoms with Crippen molar-refractivity contribution in [3.8, 4) is 0 Å². The molecule has 0 spiro atoms. The number of fused-ring (bicyclic) bond motifs is 1. The third kappa shape index (κ3) is 2.21. The lowest BCUT2D eigenvalue weighted by atomic mass is 10.1. The van der Waals surface area contributed by atoms with Gasteiger partial charge >= 0.3 is 0 Å². The third-order valence-electron chi connectivity index (χ3n) is 3.39. The average Bonchev–Trinajstić information content (AvgIpc) is 2.78. The van der Waals surface area contributed by atoms with Gasteiger partial charge in [0.1, 0.15) is 0 Å². The molecule has 3 heteroatoms. The van der Waals surface area contributed by atoms with E-state index in [4.69, 9.17) is 23.2 Å². The van der Waals surface area contributed by atoms with Gasteiger partial charge in [0.15, 0.2) is 0 Å². The van der Waals surface area contributed by atoms with Gasteiger partial charge in [-0.05, 0) is 42.2 Å². The molecule has 0 bridgehead atoms. The summed E-state index contributed by atoms with van der Waals surface area (Å²) in [6, 6.07) is 14.4. The summed E-state index contributed by atoms with van der Waals surface area (Å²) in [7, 11) is 0. The maximum atomic E-state index is 6.18. The van der Waals surface area contributed by atoms with Crippen LogP contribution in [0.2, 0.25) is 10.0 Å². The summed E-state index contributed by atoms with van der Waals surface area (Å²) in [6.45, 7) is 0. The van der Waals surface area contributed by atoms with Crippen LogP contribution in [0.5, 0.6) is 0 Å². The average molecular weight is 278 g/mol. The molecule has 2 aromatic rings. The Kier molecular flexibility index (Phi) is 3.19. The molecule has 18 heavy (non-hydrogen) atoms. The van der Waals surface area contributed by atoms with E-state index in [1.807, 2.05) is 12.1 Å². The van der Waals surface area contributed by atoms with E-state index < -0.39 is 0 Å². The number of halogens is 2. The Morgan fingerprint density at radius 3 is 2.78 bits per heavy atom. The SMILES string of the molecule is Clc1ccc(Cl)c(NC2CCc3ccccc32)c1. The van der Waals surface area contributed by atoms with Crippen LogP contribution >= 0.6 is 23.2 Å². The fourth-order valence-corrected chi connectivity index (χ4v) is 2.85.